The standard InChI is InChI=1S/C12H11BrF2N2/c13-10-6-9(7-16)2-3-11(10)17-5-1-4-12(14,15)8-17/h2-3,6H,1,4-5,8H2. The maximum Gasteiger partial charge on any atom is 0.265 e. The molecule has 0 radical (unpaired) electrons. The van der Waals surface area contributed by atoms with Crippen molar-refractivity contribution in [3.8, 4) is 6.07 Å². The van der Waals surface area contributed by atoms with Crippen LogP contribution in [0, 0.1) is 11.3 Å². The largest absolute Gasteiger partial charge is 0.365 e. The zero-order valence-electron chi connectivity index (χ0n) is 9.09. The van der Waals surface area contributed by atoms with Crippen LogP contribution >= 0.6 is 15.9 Å². The molecule has 1 saturated heterocycles. The summed E-state index contributed by atoms with van der Waals surface area (Å²) in [5.74, 6) is -2.62. The Bertz CT molecular complexity index is 468. The van der Waals surface area contributed by atoms with Gasteiger partial charge in [0.1, 0.15) is 0 Å². The minimum Gasteiger partial charge on any atom is -0.365 e. The Morgan fingerprint density at radius 3 is 2.76 bits per heavy atom. The van der Waals surface area contributed by atoms with Crippen LogP contribution in [0.4, 0.5) is 14.5 Å². The minimum atomic E-state index is -2.62. The molecule has 90 valence electrons. The number of alkyl halides is 2. The number of rotatable bonds is 1. The molecule has 17 heavy (non-hydrogen) atoms. The summed E-state index contributed by atoms with van der Waals surface area (Å²) in [6.45, 7) is 0.373. The van der Waals surface area contributed by atoms with Crippen LogP contribution in [-0.2, 0) is 0 Å². The van der Waals surface area contributed by atoms with Gasteiger partial charge >= 0.3 is 0 Å². The van der Waals surface area contributed by atoms with Crippen molar-refractivity contribution in [1.29, 1.82) is 5.26 Å². The quantitative estimate of drug-likeness (QED) is 0.793. The first-order valence-electron chi connectivity index (χ1n) is 5.34. The molecule has 0 saturated carbocycles. The number of piperidine rings is 1. The average molecular weight is 301 g/mol. The van der Waals surface area contributed by atoms with E-state index in [2.05, 4.69) is 15.9 Å². The fraction of sp³-hybridized carbons (Fsp3) is 0.417. The lowest BCUT2D eigenvalue weighted by atomic mass is 10.1. The van der Waals surface area contributed by atoms with Crippen molar-refractivity contribution in [3.63, 3.8) is 0 Å². The lowest BCUT2D eigenvalue weighted by molar-refractivity contribution is -0.0116. The van der Waals surface area contributed by atoms with Crippen LogP contribution in [0.15, 0.2) is 22.7 Å². The molecule has 5 heteroatoms. The van der Waals surface area contributed by atoms with Crippen LogP contribution in [0.3, 0.4) is 0 Å². The van der Waals surface area contributed by atoms with Gasteiger partial charge in [0, 0.05) is 17.4 Å². The maximum atomic E-state index is 13.3. The number of nitriles is 1. The summed E-state index contributed by atoms with van der Waals surface area (Å²) in [6, 6.07) is 7.03. The zero-order valence-corrected chi connectivity index (χ0v) is 10.7. The smallest absolute Gasteiger partial charge is 0.265 e. The molecule has 0 spiro atoms. The molecule has 0 aromatic heterocycles. The van der Waals surface area contributed by atoms with Crippen molar-refractivity contribution in [1.82, 2.24) is 0 Å². The Morgan fingerprint density at radius 1 is 1.41 bits per heavy atom. The third-order valence-electron chi connectivity index (χ3n) is 2.81. The van der Waals surface area contributed by atoms with E-state index in [1.807, 2.05) is 6.07 Å². The van der Waals surface area contributed by atoms with Crippen LogP contribution in [-0.4, -0.2) is 19.0 Å². The highest BCUT2D eigenvalue weighted by molar-refractivity contribution is 9.10. The van der Waals surface area contributed by atoms with E-state index in [1.165, 1.54) is 0 Å². The molecule has 0 bridgehead atoms. The molecule has 1 aliphatic heterocycles. The van der Waals surface area contributed by atoms with Crippen molar-refractivity contribution in [2.24, 2.45) is 0 Å². The third kappa shape index (κ3) is 2.75. The number of hydrogen-bond acceptors (Lipinski definition) is 2. The van der Waals surface area contributed by atoms with E-state index >= 15 is 0 Å². The molecule has 2 nitrogen and oxygen atoms in total. The van der Waals surface area contributed by atoms with Crippen molar-refractivity contribution >= 4 is 21.6 Å². The van der Waals surface area contributed by atoms with Gasteiger partial charge in [0.15, 0.2) is 0 Å². The molecule has 0 N–H and O–H groups in total. The highest BCUT2D eigenvalue weighted by atomic mass is 79.9. The molecular formula is C12H11BrF2N2. The Kier molecular flexibility index (Phi) is 3.34. The Labute approximate surface area is 107 Å². The summed E-state index contributed by atoms with van der Waals surface area (Å²) in [5.41, 5.74) is 1.24. The molecule has 1 fully saturated rings. The molecule has 0 atom stereocenters. The van der Waals surface area contributed by atoms with Crippen molar-refractivity contribution in [3.05, 3.63) is 28.2 Å². The van der Waals surface area contributed by atoms with E-state index in [9.17, 15) is 8.78 Å². The lowest BCUT2D eigenvalue weighted by Gasteiger charge is -2.34. The first-order chi connectivity index (χ1) is 8.02. The van der Waals surface area contributed by atoms with E-state index < -0.39 is 5.92 Å². The van der Waals surface area contributed by atoms with Gasteiger partial charge in [-0.3, -0.25) is 0 Å². The Morgan fingerprint density at radius 2 is 2.18 bits per heavy atom. The van der Waals surface area contributed by atoms with Crippen molar-refractivity contribution in [2.75, 3.05) is 18.0 Å². The van der Waals surface area contributed by atoms with Gasteiger partial charge in [-0.2, -0.15) is 5.26 Å². The Hall–Kier alpha value is -1.15. The van der Waals surface area contributed by atoms with Crippen LogP contribution in [0.1, 0.15) is 18.4 Å². The molecule has 0 amide bonds. The minimum absolute atomic E-state index is 0.0442. The summed E-state index contributed by atoms with van der Waals surface area (Å²) in [6.07, 6.45) is 0.441. The molecule has 1 heterocycles. The molecule has 2 rings (SSSR count). The van der Waals surface area contributed by atoms with Gasteiger partial charge in [0.2, 0.25) is 0 Å². The van der Waals surface area contributed by atoms with E-state index in [0.29, 0.717) is 23.0 Å². The zero-order chi connectivity index (χ0) is 12.5. The van der Waals surface area contributed by atoms with E-state index in [0.717, 1.165) is 5.69 Å². The fourth-order valence-electron chi connectivity index (χ4n) is 2.00. The fourth-order valence-corrected chi connectivity index (χ4v) is 2.63. The number of anilines is 1. The predicted octanol–water partition coefficient (Wildman–Crippen LogP) is 3.56. The van der Waals surface area contributed by atoms with Gasteiger partial charge in [-0.05, 0) is 40.5 Å². The second-order valence-electron chi connectivity index (χ2n) is 4.16. The highest BCUT2D eigenvalue weighted by Gasteiger charge is 2.35. The number of halogens is 3. The predicted molar refractivity (Wildman–Crippen MR) is 65.3 cm³/mol. The lowest BCUT2D eigenvalue weighted by Crippen LogP contribution is -2.42. The van der Waals surface area contributed by atoms with Crippen LogP contribution in [0.2, 0.25) is 0 Å². The van der Waals surface area contributed by atoms with E-state index in [4.69, 9.17) is 5.26 Å². The van der Waals surface area contributed by atoms with Gasteiger partial charge in [0.05, 0.1) is 23.9 Å². The SMILES string of the molecule is N#Cc1ccc(N2CCCC(F)(F)C2)c(Br)c1. The van der Waals surface area contributed by atoms with Crippen molar-refractivity contribution < 1.29 is 8.78 Å². The second kappa shape index (κ2) is 4.61. The third-order valence-corrected chi connectivity index (χ3v) is 3.45. The van der Waals surface area contributed by atoms with Gasteiger partial charge in [0.25, 0.3) is 5.92 Å². The van der Waals surface area contributed by atoms with Crippen LogP contribution < -0.4 is 4.90 Å². The molecular weight excluding hydrogens is 290 g/mol. The summed E-state index contributed by atoms with van der Waals surface area (Å²) >= 11 is 3.32. The van der Waals surface area contributed by atoms with E-state index in [-0.39, 0.29) is 13.0 Å². The molecule has 0 aliphatic carbocycles. The summed E-state index contributed by atoms with van der Waals surface area (Å²) in [7, 11) is 0. The van der Waals surface area contributed by atoms with Crippen molar-refractivity contribution in [2.45, 2.75) is 18.8 Å². The normalized spacial score (nSPS) is 18.8. The maximum absolute atomic E-state index is 13.3. The summed E-state index contributed by atoms with van der Waals surface area (Å²) in [5, 5.41) is 8.74. The van der Waals surface area contributed by atoms with Gasteiger partial charge < -0.3 is 4.90 Å². The van der Waals surface area contributed by atoms with Gasteiger partial charge in [-0.15, -0.1) is 0 Å². The van der Waals surface area contributed by atoms with E-state index in [1.54, 1.807) is 23.1 Å². The van der Waals surface area contributed by atoms with Crippen LogP contribution in [0.5, 0.6) is 0 Å². The molecule has 0 unspecified atom stereocenters. The number of nitrogens with zero attached hydrogens (tertiary/aromatic N) is 2. The Balaban J connectivity index is 2.26. The number of benzene rings is 1. The molecule has 1 aromatic carbocycles. The first-order valence-corrected chi connectivity index (χ1v) is 6.13. The highest BCUT2D eigenvalue weighted by Crippen LogP contribution is 2.34. The first kappa shape index (κ1) is 12.3. The molecule has 1 aromatic rings. The van der Waals surface area contributed by atoms with Gasteiger partial charge in [-0.25, -0.2) is 8.78 Å². The average Bonchev–Trinajstić information content (AvgIpc) is 2.27. The summed E-state index contributed by atoms with van der Waals surface area (Å²) in [4.78, 5) is 1.66. The number of hydrogen-bond donors (Lipinski definition) is 0. The van der Waals surface area contributed by atoms with Gasteiger partial charge in [-0.1, -0.05) is 0 Å². The topological polar surface area (TPSA) is 27.0 Å². The summed E-state index contributed by atoms with van der Waals surface area (Å²) < 4.78 is 27.3. The second-order valence-corrected chi connectivity index (χ2v) is 5.01. The van der Waals surface area contributed by atoms with Crippen LogP contribution in [0.25, 0.3) is 0 Å². The monoisotopic (exact) mass is 300 g/mol. The molecule has 1 aliphatic rings.